The summed E-state index contributed by atoms with van der Waals surface area (Å²) in [7, 11) is 0. The van der Waals surface area contributed by atoms with Crippen LogP contribution in [-0.2, 0) is 4.74 Å². The second-order valence-electron chi connectivity index (χ2n) is 6.63. The van der Waals surface area contributed by atoms with Gasteiger partial charge in [-0.2, -0.15) is 0 Å². The molecule has 1 aliphatic heterocycles. The van der Waals surface area contributed by atoms with Gasteiger partial charge in [-0.25, -0.2) is 4.79 Å². The first kappa shape index (κ1) is 24.3. The molecule has 6 nitrogen and oxygen atoms in total. The molecule has 3 N–H and O–H groups in total. The maximum atomic E-state index is 11.7. The zero-order valence-corrected chi connectivity index (χ0v) is 18.5. The molecule has 1 aliphatic rings. The van der Waals surface area contributed by atoms with Crippen molar-refractivity contribution >= 4 is 36.0 Å². The fraction of sp³-hybridized carbons (Fsp3) is 0.889. The van der Waals surface area contributed by atoms with E-state index in [1.807, 2.05) is 6.92 Å². The number of unbranched alkanes of at least 4 members (excludes halogenated alkanes) is 1. The Balaban J connectivity index is 0.00000576. The van der Waals surface area contributed by atoms with Crippen LogP contribution in [0.4, 0.5) is 4.79 Å². The number of aliphatic imine (C=N–C) groups is 1. The second-order valence-corrected chi connectivity index (χ2v) is 6.63. The van der Waals surface area contributed by atoms with Crippen molar-refractivity contribution < 1.29 is 9.53 Å². The van der Waals surface area contributed by atoms with Gasteiger partial charge >= 0.3 is 6.09 Å². The number of ether oxygens (including phenoxy) is 1. The number of hydrogen-bond acceptors (Lipinski definition) is 3. The predicted octanol–water partition coefficient (Wildman–Crippen LogP) is 3.74. The van der Waals surface area contributed by atoms with Crippen LogP contribution in [-0.4, -0.2) is 49.2 Å². The zero-order chi connectivity index (χ0) is 17.8. The second kappa shape index (κ2) is 14.4. The number of hydrogen-bond donors (Lipinski definition) is 2. The highest BCUT2D eigenvalue weighted by atomic mass is 127. The van der Waals surface area contributed by atoms with Crippen molar-refractivity contribution in [3.63, 3.8) is 0 Å². The van der Waals surface area contributed by atoms with Gasteiger partial charge in [-0.1, -0.05) is 33.1 Å². The fourth-order valence-corrected chi connectivity index (χ4v) is 3.13. The minimum atomic E-state index is -0.212. The first-order chi connectivity index (χ1) is 11.6. The molecule has 0 aromatic carbocycles. The number of carbonyl (C=O) groups excluding carboxylic acids is 1. The van der Waals surface area contributed by atoms with Gasteiger partial charge in [0.15, 0.2) is 5.96 Å². The Hall–Kier alpha value is -0.730. The minimum Gasteiger partial charge on any atom is -0.450 e. The van der Waals surface area contributed by atoms with Crippen LogP contribution in [0.2, 0.25) is 0 Å². The zero-order valence-electron chi connectivity index (χ0n) is 16.1. The molecule has 0 bridgehead atoms. The summed E-state index contributed by atoms with van der Waals surface area (Å²) >= 11 is 0. The van der Waals surface area contributed by atoms with Crippen LogP contribution in [0, 0.1) is 5.92 Å². The highest BCUT2D eigenvalue weighted by molar-refractivity contribution is 14.0. The van der Waals surface area contributed by atoms with Gasteiger partial charge in [0.05, 0.1) is 6.61 Å². The summed E-state index contributed by atoms with van der Waals surface area (Å²) in [5, 5.41) is 3.31. The van der Waals surface area contributed by atoms with E-state index in [9.17, 15) is 4.79 Å². The molecule has 7 heteroatoms. The van der Waals surface area contributed by atoms with Crippen LogP contribution < -0.4 is 11.1 Å². The number of carbonyl (C=O) groups is 1. The summed E-state index contributed by atoms with van der Waals surface area (Å²) < 4.78 is 5.04. The maximum absolute atomic E-state index is 11.7. The van der Waals surface area contributed by atoms with Crippen LogP contribution in [0.1, 0.15) is 65.7 Å². The summed E-state index contributed by atoms with van der Waals surface area (Å²) in [5.41, 5.74) is 6.05. The van der Waals surface area contributed by atoms with Crippen molar-refractivity contribution in [3.8, 4) is 0 Å². The summed E-state index contributed by atoms with van der Waals surface area (Å²) in [5.74, 6) is 1.18. The number of nitrogens with zero attached hydrogens (tertiary/aromatic N) is 2. The van der Waals surface area contributed by atoms with E-state index in [2.05, 4.69) is 24.2 Å². The van der Waals surface area contributed by atoms with Crippen LogP contribution in [0.15, 0.2) is 4.99 Å². The van der Waals surface area contributed by atoms with Crippen molar-refractivity contribution in [3.05, 3.63) is 0 Å². The van der Waals surface area contributed by atoms with E-state index in [0.29, 0.717) is 37.6 Å². The molecule has 1 saturated heterocycles. The topological polar surface area (TPSA) is 80.0 Å². The van der Waals surface area contributed by atoms with Gasteiger partial charge in [0, 0.05) is 25.7 Å². The normalized spacial score (nSPS) is 16.9. The van der Waals surface area contributed by atoms with Crippen LogP contribution >= 0.6 is 24.0 Å². The Bertz CT molecular complexity index is 385. The number of likely N-dealkylation sites (tertiary alicyclic amines) is 1. The summed E-state index contributed by atoms with van der Waals surface area (Å²) in [6.45, 7) is 8.93. The quantitative estimate of drug-likeness (QED) is 0.307. The van der Waals surface area contributed by atoms with Crippen LogP contribution in [0.25, 0.3) is 0 Å². The standard InChI is InChI=1S/C18H36N4O2.HI/c1-4-7-9-15(8-5-2)14-20-17(19)21-16-10-12-22(13-11-16)18(23)24-6-3;/h15-16H,4-14H2,1-3H3,(H3,19,20,21);1H. The van der Waals surface area contributed by atoms with Crippen LogP contribution in [0.3, 0.4) is 0 Å². The van der Waals surface area contributed by atoms with Gasteiger partial charge in [-0.05, 0) is 38.5 Å². The number of nitrogens with one attached hydrogen (secondary N) is 1. The number of rotatable bonds is 9. The van der Waals surface area contributed by atoms with Gasteiger partial charge in [-0.3, -0.25) is 4.99 Å². The first-order valence-electron chi connectivity index (χ1n) is 9.58. The Morgan fingerprint density at radius 3 is 2.48 bits per heavy atom. The average molecular weight is 468 g/mol. The predicted molar refractivity (Wildman–Crippen MR) is 115 cm³/mol. The molecule has 0 aliphatic carbocycles. The molecule has 0 aromatic heterocycles. The Morgan fingerprint density at radius 2 is 1.92 bits per heavy atom. The lowest BCUT2D eigenvalue weighted by atomic mass is 9.97. The molecular formula is C18H37IN4O2. The fourth-order valence-electron chi connectivity index (χ4n) is 3.13. The molecule has 1 fully saturated rings. The third kappa shape index (κ3) is 10.1. The molecule has 1 rings (SSSR count). The molecule has 148 valence electrons. The van der Waals surface area contributed by atoms with E-state index in [1.54, 1.807) is 4.90 Å². The van der Waals surface area contributed by atoms with E-state index in [4.69, 9.17) is 10.5 Å². The Kier molecular flexibility index (Phi) is 14.0. The smallest absolute Gasteiger partial charge is 0.409 e. The minimum absolute atomic E-state index is 0. The van der Waals surface area contributed by atoms with Crippen LogP contribution in [0.5, 0.6) is 0 Å². The summed E-state index contributed by atoms with van der Waals surface area (Å²) in [6, 6.07) is 0.291. The van der Waals surface area contributed by atoms with Gasteiger partial charge in [0.25, 0.3) is 0 Å². The van der Waals surface area contributed by atoms with E-state index in [0.717, 1.165) is 19.4 Å². The number of halogens is 1. The lowest BCUT2D eigenvalue weighted by molar-refractivity contribution is 0.0963. The SMILES string of the molecule is CCCCC(CCC)CN=C(N)NC1CCN(C(=O)OCC)CC1.I. The highest BCUT2D eigenvalue weighted by Gasteiger charge is 2.23. The molecule has 0 aromatic rings. The number of piperidine rings is 1. The van der Waals surface area contributed by atoms with E-state index >= 15 is 0 Å². The lowest BCUT2D eigenvalue weighted by Gasteiger charge is -2.31. The molecule has 0 radical (unpaired) electrons. The summed E-state index contributed by atoms with van der Waals surface area (Å²) in [6.07, 6.45) is 7.69. The van der Waals surface area contributed by atoms with Gasteiger partial charge < -0.3 is 20.7 Å². The first-order valence-corrected chi connectivity index (χ1v) is 9.58. The highest BCUT2D eigenvalue weighted by Crippen LogP contribution is 2.15. The van der Waals surface area contributed by atoms with E-state index < -0.39 is 0 Å². The van der Waals surface area contributed by atoms with Gasteiger partial charge in [0.2, 0.25) is 0 Å². The molecule has 0 saturated carbocycles. The van der Waals surface area contributed by atoms with Crippen molar-refractivity contribution in [2.45, 2.75) is 71.8 Å². The lowest BCUT2D eigenvalue weighted by Crippen LogP contribution is -2.48. The van der Waals surface area contributed by atoms with Crippen molar-refractivity contribution in [1.82, 2.24) is 10.2 Å². The Labute approximate surface area is 170 Å². The number of guanidine groups is 1. The van der Waals surface area contributed by atoms with Gasteiger partial charge in [0.1, 0.15) is 0 Å². The van der Waals surface area contributed by atoms with E-state index in [-0.39, 0.29) is 30.1 Å². The molecule has 1 amide bonds. The van der Waals surface area contributed by atoms with E-state index in [1.165, 1.54) is 32.1 Å². The molecule has 1 heterocycles. The molecule has 0 spiro atoms. The largest absolute Gasteiger partial charge is 0.450 e. The monoisotopic (exact) mass is 468 g/mol. The Morgan fingerprint density at radius 1 is 1.24 bits per heavy atom. The molecular weight excluding hydrogens is 431 g/mol. The number of nitrogens with two attached hydrogens (primary N) is 1. The molecule has 25 heavy (non-hydrogen) atoms. The van der Waals surface area contributed by atoms with Crippen molar-refractivity contribution in [2.24, 2.45) is 16.6 Å². The molecule has 1 atom stereocenters. The number of amides is 1. The third-order valence-electron chi connectivity index (χ3n) is 4.56. The molecule has 1 unspecified atom stereocenters. The third-order valence-corrected chi connectivity index (χ3v) is 4.56. The van der Waals surface area contributed by atoms with Crippen molar-refractivity contribution in [1.29, 1.82) is 0 Å². The van der Waals surface area contributed by atoms with Crippen molar-refractivity contribution in [2.75, 3.05) is 26.2 Å². The summed E-state index contributed by atoms with van der Waals surface area (Å²) in [4.78, 5) is 18.0. The van der Waals surface area contributed by atoms with Gasteiger partial charge in [-0.15, -0.1) is 24.0 Å². The average Bonchev–Trinajstić information content (AvgIpc) is 2.58. The maximum Gasteiger partial charge on any atom is 0.409 e.